The number of halogens is 1. The Morgan fingerprint density at radius 1 is 1.08 bits per heavy atom. The van der Waals surface area contributed by atoms with E-state index in [1.54, 1.807) is 12.4 Å². The molecule has 0 N–H and O–H groups in total. The second-order valence-electron chi connectivity index (χ2n) is 9.44. The maximum Gasteiger partial charge on any atom is 0.151 e. The number of rotatable bonds is 4. The summed E-state index contributed by atoms with van der Waals surface area (Å²) in [6.07, 6.45) is 7.59. The third-order valence-corrected chi connectivity index (χ3v) is 7.08. The molecule has 0 spiro atoms. The van der Waals surface area contributed by atoms with Crippen LogP contribution in [0.15, 0.2) is 42.9 Å². The number of aryl methyl sites for hydroxylation is 1. The van der Waals surface area contributed by atoms with Crippen LogP contribution in [0.4, 0.5) is 10.2 Å². The van der Waals surface area contributed by atoms with Crippen LogP contribution in [0.5, 0.6) is 0 Å². The SMILES string of the molecule is Cc1ncccc1-c1cc(N2CCOC[C@H]2C)nc2c(-c3ccnn3C3CCCCO3)ncc(F)c12. The Balaban J connectivity index is 1.61. The molecule has 0 saturated carbocycles. The first-order valence-corrected chi connectivity index (χ1v) is 12.5. The van der Waals surface area contributed by atoms with Gasteiger partial charge in [-0.25, -0.2) is 19.0 Å². The van der Waals surface area contributed by atoms with Crippen LogP contribution < -0.4 is 4.90 Å². The number of fused-ring (bicyclic) bond motifs is 1. The molecule has 2 atom stereocenters. The summed E-state index contributed by atoms with van der Waals surface area (Å²) in [5.41, 5.74) is 4.29. The van der Waals surface area contributed by atoms with Gasteiger partial charge in [0.1, 0.15) is 17.0 Å². The second-order valence-corrected chi connectivity index (χ2v) is 9.44. The smallest absolute Gasteiger partial charge is 0.151 e. The van der Waals surface area contributed by atoms with Crippen molar-refractivity contribution in [1.29, 1.82) is 0 Å². The van der Waals surface area contributed by atoms with Crippen LogP contribution >= 0.6 is 0 Å². The first-order chi connectivity index (χ1) is 17.6. The molecule has 1 unspecified atom stereocenters. The van der Waals surface area contributed by atoms with Gasteiger partial charge in [0.05, 0.1) is 31.1 Å². The van der Waals surface area contributed by atoms with Gasteiger partial charge in [0.2, 0.25) is 0 Å². The van der Waals surface area contributed by atoms with Crippen molar-refractivity contribution in [3.63, 3.8) is 0 Å². The van der Waals surface area contributed by atoms with Crippen LogP contribution in [0.2, 0.25) is 0 Å². The van der Waals surface area contributed by atoms with Crippen molar-refractivity contribution in [2.24, 2.45) is 0 Å². The van der Waals surface area contributed by atoms with E-state index in [9.17, 15) is 0 Å². The molecule has 186 valence electrons. The van der Waals surface area contributed by atoms with Gasteiger partial charge < -0.3 is 14.4 Å². The van der Waals surface area contributed by atoms with Crippen LogP contribution in [0.3, 0.4) is 0 Å². The fourth-order valence-electron chi connectivity index (χ4n) is 5.22. The minimum absolute atomic E-state index is 0.137. The lowest BCUT2D eigenvalue weighted by Gasteiger charge is -2.34. The predicted molar refractivity (Wildman–Crippen MR) is 135 cm³/mol. The zero-order chi connectivity index (χ0) is 24.6. The van der Waals surface area contributed by atoms with E-state index in [1.165, 1.54) is 6.20 Å². The highest BCUT2D eigenvalue weighted by Gasteiger charge is 2.27. The summed E-state index contributed by atoms with van der Waals surface area (Å²) in [5.74, 6) is 0.353. The fourth-order valence-corrected chi connectivity index (χ4v) is 5.22. The van der Waals surface area contributed by atoms with E-state index in [1.807, 2.05) is 35.9 Å². The molecule has 2 aliphatic rings. The Hall–Kier alpha value is -3.43. The molecule has 4 aromatic rings. The normalized spacial score (nSPS) is 20.7. The van der Waals surface area contributed by atoms with E-state index < -0.39 is 5.82 Å². The maximum absolute atomic E-state index is 15.6. The minimum Gasteiger partial charge on any atom is -0.377 e. The van der Waals surface area contributed by atoms with Gasteiger partial charge in [-0.05, 0) is 56.9 Å². The Morgan fingerprint density at radius 3 is 2.81 bits per heavy atom. The fraction of sp³-hybridized carbons (Fsp3) is 0.407. The number of pyridine rings is 3. The summed E-state index contributed by atoms with van der Waals surface area (Å²) in [4.78, 5) is 16.3. The Morgan fingerprint density at radius 2 is 2.00 bits per heavy atom. The molecular weight excluding hydrogens is 459 g/mol. The molecule has 6 rings (SSSR count). The average molecular weight is 489 g/mol. The number of aromatic nitrogens is 5. The molecular formula is C27H29FN6O2. The molecule has 0 bridgehead atoms. The highest BCUT2D eigenvalue weighted by Crippen LogP contribution is 2.39. The summed E-state index contributed by atoms with van der Waals surface area (Å²) >= 11 is 0. The summed E-state index contributed by atoms with van der Waals surface area (Å²) in [5, 5.41) is 4.99. The molecule has 0 amide bonds. The number of morpholine rings is 1. The summed E-state index contributed by atoms with van der Waals surface area (Å²) in [7, 11) is 0. The van der Waals surface area contributed by atoms with E-state index >= 15 is 4.39 Å². The number of ether oxygens (including phenoxy) is 2. The van der Waals surface area contributed by atoms with Crippen LogP contribution in [0.1, 0.15) is 38.1 Å². The Bertz CT molecular complexity index is 1400. The molecule has 0 aromatic carbocycles. The van der Waals surface area contributed by atoms with Gasteiger partial charge in [0.15, 0.2) is 12.0 Å². The quantitative estimate of drug-likeness (QED) is 0.403. The van der Waals surface area contributed by atoms with Gasteiger partial charge in [-0.1, -0.05) is 6.07 Å². The monoisotopic (exact) mass is 488 g/mol. The van der Waals surface area contributed by atoms with Gasteiger partial charge >= 0.3 is 0 Å². The molecule has 0 radical (unpaired) electrons. The summed E-state index contributed by atoms with van der Waals surface area (Å²) in [6.45, 7) is 6.68. The third-order valence-electron chi connectivity index (χ3n) is 7.08. The highest BCUT2D eigenvalue weighted by molar-refractivity contribution is 6.02. The third kappa shape index (κ3) is 4.02. The van der Waals surface area contributed by atoms with Crippen molar-refractivity contribution >= 4 is 16.7 Å². The lowest BCUT2D eigenvalue weighted by Crippen LogP contribution is -2.44. The lowest BCUT2D eigenvalue weighted by atomic mass is 9.98. The number of nitrogens with zero attached hydrogens (tertiary/aromatic N) is 6. The van der Waals surface area contributed by atoms with Crippen LogP contribution in [-0.2, 0) is 9.47 Å². The van der Waals surface area contributed by atoms with Gasteiger partial charge in [0.25, 0.3) is 0 Å². The van der Waals surface area contributed by atoms with Gasteiger partial charge in [0, 0.05) is 42.2 Å². The molecule has 0 aliphatic carbocycles. The first kappa shape index (κ1) is 23.0. The standard InChI is InChI=1S/C27H29FN6O2/c1-17-16-35-13-11-33(17)23-14-20(19-6-5-9-29-18(19)2)25-21(28)15-30-26(27(25)32-23)22-8-10-31-34(22)24-7-3-4-12-36-24/h5-6,8-10,14-15,17,24H,3-4,7,11-13,16H2,1-2H3/t17-,24?/m1/s1. The van der Waals surface area contributed by atoms with Gasteiger partial charge in [-0.3, -0.25) is 4.98 Å². The van der Waals surface area contributed by atoms with Crippen molar-refractivity contribution in [3.05, 3.63) is 54.4 Å². The van der Waals surface area contributed by atoms with E-state index in [0.29, 0.717) is 43.0 Å². The molecule has 2 aliphatic heterocycles. The Kier molecular flexibility index (Phi) is 6.10. The van der Waals surface area contributed by atoms with E-state index in [-0.39, 0.29) is 12.3 Å². The zero-order valence-electron chi connectivity index (χ0n) is 20.5. The molecule has 9 heteroatoms. The van der Waals surface area contributed by atoms with Crippen LogP contribution in [0, 0.1) is 12.7 Å². The number of hydrogen-bond acceptors (Lipinski definition) is 7. The van der Waals surface area contributed by atoms with Crippen LogP contribution in [0.25, 0.3) is 33.4 Å². The maximum atomic E-state index is 15.6. The summed E-state index contributed by atoms with van der Waals surface area (Å²) < 4.78 is 29.1. The lowest BCUT2D eigenvalue weighted by molar-refractivity contribution is -0.0383. The zero-order valence-corrected chi connectivity index (χ0v) is 20.5. The molecule has 2 fully saturated rings. The van der Waals surface area contributed by atoms with E-state index in [0.717, 1.165) is 47.6 Å². The second kappa shape index (κ2) is 9.55. The van der Waals surface area contributed by atoms with Gasteiger partial charge in [-0.15, -0.1) is 0 Å². The minimum atomic E-state index is -0.416. The van der Waals surface area contributed by atoms with Crippen molar-refractivity contribution < 1.29 is 13.9 Å². The molecule has 4 aromatic heterocycles. The molecule has 8 nitrogen and oxygen atoms in total. The van der Waals surface area contributed by atoms with Crippen molar-refractivity contribution in [2.45, 2.75) is 45.4 Å². The molecule has 6 heterocycles. The number of hydrogen-bond donors (Lipinski definition) is 0. The van der Waals surface area contributed by atoms with Gasteiger partial charge in [-0.2, -0.15) is 5.10 Å². The van der Waals surface area contributed by atoms with Crippen molar-refractivity contribution in [3.8, 4) is 22.5 Å². The van der Waals surface area contributed by atoms with E-state index in [4.69, 9.17) is 14.5 Å². The first-order valence-electron chi connectivity index (χ1n) is 12.5. The van der Waals surface area contributed by atoms with Crippen molar-refractivity contribution in [2.75, 3.05) is 31.3 Å². The van der Waals surface area contributed by atoms with Crippen LogP contribution in [-0.4, -0.2) is 57.1 Å². The molecule has 2 saturated heterocycles. The van der Waals surface area contributed by atoms with E-state index in [2.05, 4.69) is 26.9 Å². The largest absolute Gasteiger partial charge is 0.377 e. The predicted octanol–water partition coefficient (Wildman–Crippen LogP) is 4.93. The topological polar surface area (TPSA) is 78.2 Å². The molecule has 36 heavy (non-hydrogen) atoms. The average Bonchev–Trinajstić information content (AvgIpc) is 3.39. The summed E-state index contributed by atoms with van der Waals surface area (Å²) in [6, 6.07) is 7.86. The number of anilines is 1. The van der Waals surface area contributed by atoms with Crippen molar-refractivity contribution in [1.82, 2.24) is 24.7 Å². The highest BCUT2D eigenvalue weighted by atomic mass is 19.1. The Labute approximate surface area is 209 Å².